The van der Waals surface area contributed by atoms with Crippen molar-refractivity contribution in [3.63, 3.8) is 0 Å². The number of nitrogens with one attached hydrogen (secondary N) is 2. The second-order valence-corrected chi connectivity index (χ2v) is 1.88. The van der Waals surface area contributed by atoms with Gasteiger partial charge in [-0.1, -0.05) is 13.2 Å². The first kappa shape index (κ1) is 5.22. The molecule has 0 aromatic rings. The van der Waals surface area contributed by atoms with Gasteiger partial charge >= 0.3 is 0 Å². The minimum Gasteiger partial charge on any atom is -0.372 e. The zero-order valence-corrected chi connectivity index (χ0v) is 4.83. The molecule has 1 aliphatic heterocycles. The molecule has 0 atom stereocenters. The third-order valence-corrected chi connectivity index (χ3v) is 1.09. The van der Waals surface area contributed by atoms with Crippen LogP contribution in [-0.2, 0) is 0 Å². The molecule has 0 saturated carbocycles. The SMILES string of the molecule is C=C1CCNC(=C)N1. The molecule has 0 spiro atoms. The highest BCUT2D eigenvalue weighted by Gasteiger charge is 2.01. The maximum Gasteiger partial charge on any atom is 0.0954 e. The van der Waals surface area contributed by atoms with Gasteiger partial charge < -0.3 is 10.6 Å². The van der Waals surface area contributed by atoms with Crippen LogP contribution in [0.25, 0.3) is 0 Å². The summed E-state index contributed by atoms with van der Waals surface area (Å²) in [5, 5.41) is 6.03. The molecule has 0 aliphatic carbocycles. The van der Waals surface area contributed by atoms with E-state index in [-0.39, 0.29) is 0 Å². The van der Waals surface area contributed by atoms with Crippen LogP contribution < -0.4 is 10.6 Å². The van der Waals surface area contributed by atoms with E-state index in [0.29, 0.717) is 0 Å². The van der Waals surface area contributed by atoms with Crippen LogP contribution in [0.1, 0.15) is 6.42 Å². The lowest BCUT2D eigenvalue weighted by molar-refractivity contribution is 0.647. The molecule has 1 fully saturated rings. The Hall–Kier alpha value is -0.920. The zero-order chi connectivity index (χ0) is 5.98. The van der Waals surface area contributed by atoms with E-state index in [1.807, 2.05) is 0 Å². The Labute approximate surface area is 49.3 Å². The smallest absolute Gasteiger partial charge is 0.0954 e. The van der Waals surface area contributed by atoms with Crippen molar-refractivity contribution in [3.05, 3.63) is 24.7 Å². The van der Waals surface area contributed by atoms with E-state index in [9.17, 15) is 0 Å². The first-order valence-electron chi connectivity index (χ1n) is 2.66. The number of hydrogen-bond acceptors (Lipinski definition) is 2. The van der Waals surface area contributed by atoms with Gasteiger partial charge in [-0.25, -0.2) is 0 Å². The summed E-state index contributed by atoms with van der Waals surface area (Å²) in [5.74, 6) is 0.862. The van der Waals surface area contributed by atoms with Gasteiger partial charge in [-0.2, -0.15) is 0 Å². The summed E-state index contributed by atoms with van der Waals surface area (Å²) in [6.45, 7) is 8.40. The molecule has 1 heterocycles. The predicted molar refractivity (Wildman–Crippen MR) is 34.0 cm³/mol. The second-order valence-electron chi connectivity index (χ2n) is 1.88. The van der Waals surface area contributed by atoms with E-state index < -0.39 is 0 Å². The first-order chi connectivity index (χ1) is 3.79. The number of rotatable bonds is 0. The van der Waals surface area contributed by atoms with E-state index in [1.54, 1.807) is 0 Å². The Morgan fingerprint density at radius 1 is 1.38 bits per heavy atom. The lowest BCUT2D eigenvalue weighted by Gasteiger charge is -2.19. The fourth-order valence-corrected chi connectivity index (χ4v) is 0.684. The van der Waals surface area contributed by atoms with Gasteiger partial charge in [0.2, 0.25) is 0 Å². The lowest BCUT2D eigenvalue weighted by atomic mass is 10.3. The second kappa shape index (κ2) is 1.90. The van der Waals surface area contributed by atoms with Gasteiger partial charge in [0.25, 0.3) is 0 Å². The number of hydrogen-bond donors (Lipinski definition) is 2. The summed E-state index contributed by atoms with van der Waals surface area (Å²) < 4.78 is 0. The maximum atomic E-state index is 3.75. The molecule has 0 aromatic heterocycles. The highest BCUT2D eigenvalue weighted by molar-refractivity contribution is 5.07. The van der Waals surface area contributed by atoms with E-state index >= 15 is 0 Å². The molecule has 8 heavy (non-hydrogen) atoms. The van der Waals surface area contributed by atoms with Gasteiger partial charge in [0.15, 0.2) is 0 Å². The minimum atomic E-state index is 0.862. The van der Waals surface area contributed by atoms with Crippen molar-refractivity contribution in [1.29, 1.82) is 0 Å². The summed E-state index contributed by atoms with van der Waals surface area (Å²) in [6.07, 6.45) is 0.999. The van der Waals surface area contributed by atoms with Crippen LogP contribution in [0.2, 0.25) is 0 Å². The topological polar surface area (TPSA) is 24.1 Å². The monoisotopic (exact) mass is 110 g/mol. The molecule has 2 nitrogen and oxygen atoms in total. The molecule has 1 aliphatic rings. The predicted octanol–water partition coefficient (Wildman–Crippen LogP) is 0.554. The Morgan fingerprint density at radius 2 is 2.12 bits per heavy atom. The maximum absolute atomic E-state index is 3.75. The molecule has 0 unspecified atom stereocenters. The van der Waals surface area contributed by atoms with Crippen molar-refractivity contribution in [2.24, 2.45) is 0 Å². The van der Waals surface area contributed by atoms with E-state index in [2.05, 4.69) is 23.8 Å². The summed E-state index contributed by atoms with van der Waals surface area (Å²) in [4.78, 5) is 0. The Balaban J connectivity index is 2.45. The quantitative estimate of drug-likeness (QED) is 0.476. The van der Waals surface area contributed by atoms with Crippen molar-refractivity contribution < 1.29 is 0 Å². The van der Waals surface area contributed by atoms with Crippen LogP contribution in [0.3, 0.4) is 0 Å². The summed E-state index contributed by atoms with van der Waals surface area (Å²) in [5.41, 5.74) is 1.05. The van der Waals surface area contributed by atoms with Crippen LogP contribution in [-0.4, -0.2) is 6.54 Å². The average molecular weight is 110 g/mol. The Kier molecular flexibility index (Phi) is 1.24. The van der Waals surface area contributed by atoms with Crippen molar-refractivity contribution >= 4 is 0 Å². The fraction of sp³-hybridized carbons (Fsp3) is 0.333. The molecule has 2 heteroatoms. The molecule has 2 N–H and O–H groups in total. The molecule has 44 valence electrons. The van der Waals surface area contributed by atoms with Gasteiger partial charge in [0.05, 0.1) is 5.82 Å². The van der Waals surface area contributed by atoms with Crippen molar-refractivity contribution in [2.45, 2.75) is 6.42 Å². The molecule has 0 aromatic carbocycles. The highest BCUT2D eigenvalue weighted by Crippen LogP contribution is 1.99. The van der Waals surface area contributed by atoms with Gasteiger partial charge in [0.1, 0.15) is 0 Å². The molecule has 0 amide bonds. The van der Waals surface area contributed by atoms with E-state index in [4.69, 9.17) is 0 Å². The fourth-order valence-electron chi connectivity index (χ4n) is 0.684. The van der Waals surface area contributed by atoms with Crippen LogP contribution in [0, 0.1) is 0 Å². The van der Waals surface area contributed by atoms with E-state index in [0.717, 1.165) is 24.5 Å². The van der Waals surface area contributed by atoms with Crippen LogP contribution in [0.4, 0.5) is 0 Å². The van der Waals surface area contributed by atoms with Crippen molar-refractivity contribution in [2.75, 3.05) is 6.54 Å². The summed E-state index contributed by atoms with van der Waals surface area (Å²) in [6, 6.07) is 0. The minimum absolute atomic E-state index is 0.862. The van der Waals surface area contributed by atoms with Crippen molar-refractivity contribution in [3.8, 4) is 0 Å². The van der Waals surface area contributed by atoms with Gasteiger partial charge in [-0.15, -0.1) is 0 Å². The van der Waals surface area contributed by atoms with E-state index in [1.165, 1.54) is 0 Å². The lowest BCUT2D eigenvalue weighted by Crippen LogP contribution is -2.32. The molecule has 1 rings (SSSR count). The van der Waals surface area contributed by atoms with Crippen molar-refractivity contribution in [1.82, 2.24) is 10.6 Å². The molecular formula is C6H10N2. The zero-order valence-electron chi connectivity index (χ0n) is 4.83. The largest absolute Gasteiger partial charge is 0.372 e. The third kappa shape index (κ3) is 1.03. The first-order valence-corrected chi connectivity index (χ1v) is 2.66. The molecule has 0 radical (unpaired) electrons. The highest BCUT2D eigenvalue weighted by atomic mass is 15.1. The van der Waals surface area contributed by atoms with Crippen LogP contribution in [0.5, 0.6) is 0 Å². The molecule has 1 saturated heterocycles. The summed E-state index contributed by atoms with van der Waals surface area (Å²) >= 11 is 0. The van der Waals surface area contributed by atoms with Crippen LogP contribution >= 0.6 is 0 Å². The van der Waals surface area contributed by atoms with Crippen LogP contribution in [0.15, 0.2) is 24.7 Å². The molecule has 0 bridgehead atoms. The Bertz CT molecular complexity index is 112. The van der Waals surface area contributed by atoms with Gasteiger partial charge in [-0.3, -0.25) is 0 Å². The average Bonchev–Trinajstić information content (AvgIpc) is 1.64. The standard InChI is InChI=1S/C6H10N2/c1-5-3-4-7-6(2)8-5/h7-8H,1-4H2. The normalized spacial score (nSPS) is 19.5. The third-order valence-electron chi connectivity index (χ3n) is 1.09. The molecular weight excluding hydrogens is 100 g/mol. The summed E-state index contributed by atoms with van der Waals surface area (Å²) in [7, 11) is 0. The van der Waals surface area contributed by atoms with Gasteiger partial charge in [-0.05, 0) is 0 Å². The van der Waals surface area contributed by atoms with Gasteiger partial charge in [0, 0.05) is 18.7 Å². The Morgan fingerprint density at radius 3 is 2.50 bits per heavy atom.